The van der Waals surface area contributed by atoms with Crippen LogP contribution in [0.3, 0.4) is 0 Å². The highest BCUT2D eigenvalue weighted by Crippen LogP contribution is 2.26. The Morgan fingerprint density at radius 2 is 2.00 bits per heavy atom. The van der Waals surface area contributed by atoms with Gasteiger partial charge in [-0.15, -0.1) is 0 Å². The maximum atomic E-state index is 12.4. The number of hydrogen-bond acceptors (Lipinski definition) is 2. The number of benzene rings is 1. The molecule has 0 saturated heterocycles. The van der Waals surface area contributed by atoms with Crippen LogP contribution in [0.4, 0.5) is 0 Å². The molecule has 0 aromatic heterocycles. The highest BCUT2D eigenvalue weighted by Gasteiger charge is 2.25. The third-order valence-electron chi connectivity index (χ3n) is 5.11. The summed E-state index contributed by atoms with van der Waals surface area (Å²) in [7, 11) is 0. The summed E-state index contributed by atoms with van der Waals surface area (Å²) in [6.45, 7) is 0.810. The molecule has 114 valence electrons. The Morgan fingerprint density at radius 3 is 2.81 bits per heavy atom. The van der Waals surface area contributed by atoms with Gasteiger partial charge in [0.15, 0.2) is 0 Å². The van der Waals surface area contributed by atoms with E-state index in [-0.39, 0.29) is 11.8 Å². The molecule has 1 fully saturated rings. The molecule has 1 saturated carbocycles. The van der Waals surface area contributed by atoms with Crippen LogP contribution >= 0.6 is 0 Å². The third-order valence-corrected chi connectivity index (χ3v) is 5.11. The van der Waals surface area contributed by atoms with E-state index in [1.165, 1.54) is 24.0 Å². The molecule has 3 heteroatoms. The van der Waals surface area contributed by atoms with Crippen LogP contribution in [0.5, 0.6) is 0 Å². The Balaban J connectivity index is 1.50. The SMILES string of the molecule is NC1CCCC(CNC(=O)C2CCc3ccccc3C2)C1. The average molecular weight is 286 g/mol. The lowest BCUT2D eigenvalue weighted by molar-refractivity contribution is -0.125. The summed E-state index contributed by atoms with van der Waals surface area (Å²) in [6.07, 6.45) is 7.53. The molecule has 0 aliphatic heterocycles. The van der Waals surface area contributed by atoms with Crippen LogP contribution in [-0.2, 0) is 17.6 Å². The first-order valence-corrected chi connectivity index (χ1v) is 8.32. The molecule has 3 rings (SSSR count). The molecule has 3 unspecified atom stereocenters. The molecule has 1 aromatic carbocycles. The summed E-state index contributed by atoms with van der Waals surface area (Å²) in [6, 6.07) is 8.85. The van der Waals surface area contributed by atoms with Crippen molar-refractivity contribution in [1.29, 1.82) is 0 Å². The van der Waals surface area contributed by atoms with E-state index in [9.17, 15) is 4.79 Å². The van der Waals surface area contributed by atoms with Gasteiger partial charge < -0.3 is 11.1 Å². The minimum absolute atomic E-state index is 0.150. The fourth-order valence-electron chi connectivity index (χ4n) is 3.83. The smallest absolute Gasteiger partial charge is 0.223 e. The molecular weight excluding hydrogens is 260 g/mol. The number of amides is 1. The first-order chi connectivity index (χ1) is 10.2. The average Bonchev–Trinajstić information content (AvgIpc) is 2.52. The van der Waals surface area contributed by atoms with Gasteiger partial charge in [0.25, 0.3) is 0 Å². The van der Waals surface area contributed by atoms with E-state index in [2.05, 4.69) is 29.6 Å². The zero-order chi connectivity index (χ0) is 14.7. The van der Waals surface area contributed by atoms with Gasteiger partial charge in [-0.1, -0.05) is 30.7 Å². The first kappa shape index (κ1) is 14.6. The lowest BCUT2D eigenvalue weighted by Crippen LogP contribution is -2.39. The van der Waals surface area contributed by atoms with E-state index in [1.54, 1.807) is 0 Å². The molecule has 1 amide bonds. The molecule has 1 aromatic rings. The van der Waals surface area contributed by atoms with E-state index in [0.717, 1.165) is 38.6 Å². The number of nitrogens with one attached hydrogen (secondary N) is 1. The third kappa shape index (κ3) is 3.65. The van der Waals surface area contributed by atoms with E-state index in [0.29, 0.717) is 12.0 Å². The molecule has 21 heavy (non-hydrogen) atoms. The second-order valence-corrected chi connectivity index (χ2v) is 6.75. The second-order valence-electron chi connectivity index (χ2n) is 6.75. The van der Waals surface area contributed by atoms with Crippen molar-refractivity contribution in [3.63, 3.8) is 0 Å². The summed E-state index contributed by atoms with van der Waals surface area (Å²) >= 11 is 0. The van der Waals surface area contributed by atoms with Crippen molar-refractivity contribution in [2.75, 3.05) is 6.54 Å². The van der Waals surface area contributed by atoms with Crippen molar-refractivity contribution in [2.24, 2.45) is 17.6 Å². The summed E-state index contributed by atoms with van der Waals surface area (Å²) < 4.78 is 0. The summed E-state index contributed by atoms with van der Waals surface area (Å²) in [5.74, 6) is 0.967. The van der Waals surface area contributed by atoms with Gasteiger partial charge in [0, 0.05) is 18.5 Å². The molecular formula is C18H26N2O. The zero-order valence-corrected chi connectivity index (χ0v) is 12.7. The Labute approximate surface area is 127 Å². The monoisotopic (exact) mass is 286 g/mol. The van der Waals surface area contributed by atoms with Gasteiger partial charge in [0.2, 0.25) is 5.91 Å². The van der Waals surface area contributed by atoms with Crippen LogP contribution in [0.2, 0.25) is 0 Å². The van der Waals surface area contributed by atoms with Crippen LogP contribution in [0.1, 0.15) is 43.2 Å². The van der Waals surface area contributed by atoms with Gasteiger partial charge in [-0.05, 0) is 55.6 Å². The standard InChI is InChI=1S/C18H26N2O/c19-17-7-3-4-13(10-17)12-20-18(21)16-9-8-14-5-1-2-6-15(14)11-16/h1-2,5-6,13,16-17H,3-4,7-12,19H2,(H,20,21). The van der Waals surface area contributed by atoms with E-state index in [4.69, 9.17) is 5.73 Å². The van der Waals surface area contributed by atoms with Crippen LogP contribution in [0.25, 0.3) is 0 Å². The molecule has 0 radical (unpaired) electrons. The molecule has 2 aliphatic carbocycles. The minimum Gasteiger partial charge on any atom is -0.356 e. The number of rotatable bonds is 3. The lowest BCUT2D eigenvalue weighted by atomic mass is 9.83. The Morgan fingerprint density at radius 1 is 1.19 bits per heavy atom. The fourth-order valence-corrected chi connectivity index (χ4v) is 3.83. The lowest BCUT2D eigenvalue weighted by Gasteiger charge is -2.28. The predicted octanol–water partition coefficient (Wildman–Crippen LogP) is 2.43. The van der Waals surface area contributed by atoms with Crippen LogP contribution in [-0.4, -0.2) is 18.5 Å². The molecule has 2 aliphatic rings. The second kappa shape index (κ2) is 6.61. The van der Waals surface area contributed by atoms with Crippen molar-refractivity contribution in [3.05, 3.63) is 35.4 Å². The fraction of sp³-hybridized carbons (Fsp3) is 0.611. The maximum absolute atomic E-state index is 12.4. The van der Waals surface area contributed by atoms with Crippen LogP contribution < -0.4 is 11.1 Å². The number of fused-ring (bicyclic) bond motifs is 1. The largest absolute Gasteiger partial charge is 0.356 e. The normalized spacial score (nSPS) is 28.7. The molecule has 0 spiro atoms. The number of carbonyl (C=O) groups is 1. The van der Waals surface area contributed by atoms with E-state index < -0.39 is 0 Å². The van der Waals surface area contributed by atoms with Gasteiger partial charge in [0.05, 0.1) is 0 Å². The number of nitrogens with two attached hydrogens (primary N) is 1. The Bertz CT molecular complexity index is 500. The summed E-state index contributed by atoms with van der Waals surface area (Å²) in [5, 5.41) is 3.18. The van der Waals surface area contributed by atoms with Gasteiger partial charge in [0.1, 0.15) is 0 Å². The van der Waals surface area contributed by atoms with Crippen LogP contribution in [0, 0.1) is 11.8 Å². The zero-order valence-electron chi connectivity index (χ0n) is 12.7. The van der Waals surface area contributed by atoms with Crippen LogP contribution in [0.15, 0.2) is 24.3 Å². The summed E-state index contributed by atoms with van der Waals surface area (Å²) in [5.41, 5.74) is 8.78. The van der Waals surface area contributed by atoms with Crippen molar-refractivity contribution in [2.45, 2.75) is 51.0 Å². The quantitative estimate of drug-likeness (QED) is 0.896. The number of aryl methyl sites for hydroxylation is 1. The Kier molecular flexibility index (Phi) is 4.59. The first-order valence-electron chi connectivity index (χ1n) is 8.32. The van der Waals surface area contributed by atoms with Crippen molar-refractivity contribution in [1.82, 2.24) is 5.32 Å². The highest BCUT2D eigenvalue weighted by atomic mass is 16.1. The molecule has 3 nitrogen and oxygen atoms in total. The topological polar surface area (TPSA) is 55.1 Å². The highest BCUT2D eigenvalue weighted by molar-refractivity contribution is 5.79. The minimum atomic E-state index is 0.150. The number of carbonyl (C=O) groups excluding carboxylic acids is 1. The number of hydrogen-bond donors (Lipinski definition) is 2. The van der Waals surface area contributed by atoms with E-state index in [1.807, 2.05) is 0 Å². The van der Waals surface area contributed by atoms with Crippen molar-refractivity contribution in [3.8, 4) is 0 Å². The predicted molar refractivity (Wildman–Crippen MR) is 84.9 cm³/mol. The van der Waals surface area contributed by atoms with Gasteiger partial charge in [-0.2, -0.15) is 0 Å². The molecule has 0 heterocycles. The van der Waals surface area contributed by atoms with Gasteiger partial charge >= 0.3 is 0 Å². The molecule has 3 N–H and O–H groups in total. The molecule has 0 bridgehead atoms. The Hall–Kier alpha value is -1.35. The van der Waals surface area contributed by atoms with Crippen molar-refractivity contribution >= 4 is 5.91 Å². The summed E-state index contributed by atoms with van der Waals surface area (Å²) in [4.78, 5) is 12.4. The van der Waals surface area contributed by atoms with Gasteiger partial charge in [-0.25, -0.2) is 0 Å². The van der Waals surface area contributed by atoms with E-state index >= 15 is 0 Å². The maximum Gasteiger partial charge on any atom is 0.223 e. The van der Waals surface area contributed by atoms with Gasteiger partial charge in [-0.3, -0.25) is 4.79 Å². The van der Waals surface area contributed by atoms with Crippen molar-refractivity contribution < 1.29 is 4.79 Å². The molecule has 3 atom stereocenters.